The molecular formula is C19H18N4O4. The summed E-state index contributed by atoms with van der Waals surface area (Å²) in [6.45, 7) is 1.65. The van der Waals surface area contributed by atoms with Crippen molar-refractivity contribution in [2.24, 2.45) is 0 Å². The molecule has 0 saturated carbocycles. The number of nitrogens with zero attached hydrogens (tertiary/aromatic N) is 4. The maximum atomic E-state index is 12.7. The van der Waals surface area contributed by atoms with E-state index in [1.807, 2.05) is 12.1 Å². The molecule has 0 unspecified atom stereocenters. The van der Waals surface area contributed by atoms with E-state index in [-0.39, 0.29) is 23.9 Å². The summed E-state index contributed by atoms with van der Waals surface area (Å²) in [6, 6.07) is 10.5. The number of hydrogen-bond donors (Lipinski definition) is 0. The molecule has 0 N–H and O–H groups in total. The Morgan fingerprint density at radius 1 is 1.00 bits per heavy atom. The predicted octanol–water partition coefficient (Wildman–Crippen LogP) is 0.974. The van der Waals surface area contributed by atoms with Crippen molar-refractivity contribution in [1.29, 1.82) is 0 Å². The van der Waals surface area contributed by atoms with Gasteiger partial charge >= 0.3 is 0 Å². The first-order valence-corrected chi connectivity index (χ1v) is 8.68. The second-order valence-corrected chi connectivity index (χ2v) is 6.32. The molecule has 0 atom stereocenters. The highest BCUT2D eigenvalue weighted by atomic mass is 16.3. The minimum absolute atomic E-state index is 0.0476. The van der Waals surface area contributed by atoms with Crippen LogP contribution in [0.25, 0.3) is 11.0 Å². The number of para-hydroxylation sites is 2. The van der Waals surface area contributed by atoms with E-state index in [1.165, 1.54) is 17.0 Å². The fourth-order valence-corrected chi connectivity index (χ4v) is 3.23. The van der Waals surface area contributed by atoms with Gasteiger partial charge in [-0.15, -0.1) is 0 Å². The lowest BCUT2D eigenvalue weighted by Gasteiger charge is -2.34. The molecule has 2 aromatic heterocycles. The predicted molar refractivity (Wildman–Crippen MR) is 97.2 cm³/mol. The standard InChI is InChI=1S/C19H18N4O4/c24-17-12-20-14-4-1-2-5-15(14)23(17)13-18(25)21-7-9-22(10-8-21)19(26)16-6-3-11-27-16/h1-6,11-12H,7-10,13H2. The van der Waals surface area contributed by atoms with Crippen LogP contribution in [0.5, 0.6) is 0 Å². The molecule has 8 heteroatoms. The van der Waals surface area contributed by atoms with E-state index in [4.69, 9.17) is 4.42 Å². The maximum absolute atomic E-state index is 12.7. The molecule has 0 aliphatic carbocycles. The molecule has 1 aliphatic heterocycles. The molecule has 3 heterocycles. The van der Waals surface area contributed by atoms with Crippen molar-refractivity contribution in [3.05, 3.63) is 65.0 Å². The molecule has 138 valence electrons. The topological polar surface area (TPSA) is 88.7 Å². The van der Waals surface area contributed by atoms with Crippen LogP contribution in [-0.4, -0.2) is 57.3 Å². The molecule has 0 spiro atoms. The molecule has 0 bridgehead atoms. The van der Waals surface area contributed by atoms with Crippen LogP contribution < -0.4 is 5.56 Å². The Labute approximate surface area is 154 Å². The van der Waals surface area contributed by atoms with Crippen LogP contribution in [0.1, 0.15) is 10.6 Å². The minimum atomic E-state index is -0.311. The second kappa shape index (κ2) is 7.06. The fraction of sp³-hybridized carbons (Fsp3) is 0.263. The molecular weight excluding hydrogens is 348 g/mol. The Hall–Kier alpha value is -3.42. The van der Waals surface area contributed by atoms with Crippen molar-refractivity contribution in [2.45, 2.75) is 6.54 Å². The highest BCUT2D eigenvalue weighted by molar-refractivity contribution is 5.91. The van der Waals surface area contributed by atoms with Gasteiger partial charge in [-0.05, 0) is 24.3 Å². The summed E-state index contributed by atoms with van der Waals surface area (Å²) < 4.78 is 6.58. The van der Waals surface area contributed by atoms with Crippen LogP contribution in [-0.2, 0) is 11.3 Å². The average Bonchev–Trinajstić information content (AvgIpc) is 3.24. The maximum Gasteiger partial charge on any atom is 0.289 e. The van der Waals surface area contributed by atoms with Gasteiger partial charge in [-0.1, -0.05) is 12.1 Å². The zero-order chi connectivity index (χ0) is 18.8. The summed E-state index contributed by atoms with van der Waals surface area (Å²) in [4.78, 5) is 44.6. The van der Waals surface area contributed by atoms with E-state index >= 15 is 0 Å². The van der Waals surface area contributed by atoms with Gasteiger partial charge in [0.05, 0.1) is 23.5 Å². The van der Waals surface area contributed by atoms with E-state index in [9.17, 15) is 14.4 Å². The summed E-state index contributed by atoms with van der Waals surface area (Å²) >= 11 is 0. The lowest BCUT2D eigenvalue weighted by Crippen LogP contribution is -2.51. The number of rotatable bonds is 3. The molecule has 3 aromatic rings. The first-order valence-electron chi connectivity index (χ1n) is 8.68. The first-order chi connectivity index (χ1) is 13.1. The summed E-state index contributed by atoms with van der Waals surface area (Å²) in [5.74, 6) is -0.0356. The molecule has 27 heavy (non-hydrogen) atoms. The third-order valence-corrected chi connectivity index (χ3v) is 4.70. The fourth-order valence-electron chi connectivity index (χ4n) is 3.23. The molecule has 0 radical (unpaired) electrons. The number of carbonyl (C=O) groups is 2. The van der Waals surface area contributed by atoms with Gasteiger partial charge in [-0.3, -0.25) is 19.0 Å². The number of furan rings is 1. The Morgan fingerprint density at radius 2 is 1.74 bits per heavy atom. The third-order valence-electron chi connectivity index (χ3n) is 4.70. The molecule has 1 aromatic carbocycles. The SMILES string of the molecule is O=C(Cn1c(=O)cnc2ccccc21)N1CCN(C(=O)c2ccco2)CC1. The van der Waals surface area contributed by atoms with Gasteiger partial charge in [-0.2, -0.15) is 0 Å². The van der Waals surface area contributed by atoms with Gasteiger partial charge in [0.2, 0.25) is 5.91 Å². The van der Waals surface area contributed by atoms with Crippen LogP contribution in [0.4, 0.5) is 0 Å². The van der Waals surface area contributed by atoms with Gasteiger partial charge in [0.25, 0.3) is 11.5 Å². The Balaban J connectivity index is 1.44. The Bertz CT molecular complexity index is 1030. The number of amides is 2. The van der Waals surface area contributed by atoms with E-state index in [0.29, 0.717) is 43.0 Å². The van der Waals surface area contributed by atoms with E-state index in [2.05, 4.69) is 4.98 Å². The van der Waals surface area contributed by atoms with Gasteiger partial charge < -0.3 is 14.2 Å². The quantitative estimate of drug-likeness (QED) is 0.689. The molecule has 1 saturated heterocycles. The molecule has 1 fully saturated rings. The van der Waals surface area contributed by atoms with Crippen LogP contribution in [0.15, 0.2) is 58.1 Å². The summed E-state index contributed by atoms with van der Waals surface area (Å²) in [7, 11) is 0. The third kappa shape index (κ3) is 3.33. The summed E-state index contributed by atoms with van der Waals surface area (Å²) in [6.07, 6.45) is 2.69. The number of carbonyl (C=O) groups excluding carboxylic acids is 2. The van der Waals surface area contributed by atoms with Gasteiger partial charge in [0, 0.05) is 26.2 Å². The van der Waals surface area contributed by atoms with Crippen molar-refractivity contribution in [3.63, 3.8) is 0 Å². The first kappa shape index (κ1) is 17.0. The zero-order valence-electron chi connectivity index (χ0n) is 14.6. The van der Waals surface area contributed by atoms with Crippen LogP contribution in [0.2, 0.25) is 0 Å². The number of aromatic nitrogens is 2. The normalized spacial score (nSPS) is 14.5. The molecule has 8 nitrogen and oxygen atoms in total. The highest BCUT2D eigenvalue weighted by Gasteiger charge is 2.26. The lowest BCUT2D eigenvalue weighted by molar-refractivity contribution is -0.133. The van der Waals surface area contributed by atoms with Gasteiger partial charge in [-0.25, -0.2) is 4.98 Å². The van der Waals surface area contributed by atoms with E-state index < -0.39 is 0 Å². The van der Waals surface area contributed by atoms with Crippen molar-refractivity contribution >= 4 is 22.8 Å². The summed E-state index contributed by atoms with van der Waals surface area (Å²) in [5, 5.41) is 0. The van der Waals surface area contributed by atoms with Crippen molar-refractivity contribution in [3.8, 4) is 0 Å². The van der Waals surface area contributed by atoms with Crippen molar-refractivity contribution in [1.82, 2.24) is 19.4 Å². The number of fused-ring (bicyclic) bond motifs is 1. The molecule has 1 aliphatic rings. The Morgan fingerprint density at radius 3 is 2.48 bits per heavy atom. The zero-order valence-corrected chi connectivity index (χ0v) is 14.6. The largest absolute Gasteiger partial charge is 0.459 e. The highest BCUT2D eigenvalue weighted by Crippen LogP contribution is 2.11. The van der Waals surface area contributed by atoms with Crippen molar-refractivity contribution < 1.29 is 14.0 Å². The number of benzene rings is 1. The number of piperazine rings is 1. The van der Waals surface area contributed by atoms with Gasteiger partial charge in [0.1, 0.15) is 6.54 Å². The average molecular weight is 366 g/mol. The van der Waals surface area contributed by atoms with Crippen LogP contribution in [0.3, 0.4) is 0 Å². The van der Waals surface area contributed by atoms with E-state index in [1.54, 1.807) is 34.1 Å². The smallest absolute Gasteiger partial charge is 0.289 e. The second-order valence-electron chi connectivity index (χ2n) is 6.32. The van der Waals surface area contributed by atoms with Crippen LogP contribution in [0, 0.1) is 0 Å². The molecule has 2 amide bonds. The summed E-state index contributed by atoms with van der Waals surface area (Å²) in [5.41, 5.74) is 0.984. The van der Waals surface area contributed by atoms with Gasteiger partial charge in [0.15, 0.2) is 5.76 Å². The molecule has 4 rings (SSSR count). The van der Waals surface area contributed by atoms with Crippen molar-refractivity contribution in [2.75, 3.05) is 26.2 Å². The monoisotopic (exact) mass is 366 g/mol. The lowest BCUT2D eigenvalue weighted by atomic mass is 10.2. The van der Waals surface area contributed by atoms with Crippen LogP contribution >= 0.6 is 0 Å². The minimum Gasteiger partial charge on any atom is -0.459 e. The number of hydrogen-bond acceptors (Lipinski definition) is 5. The Kier molecular flexibility index (Phi) is 4.45. The van der Waals surface area contributed by atoms with E-state index in [0.717, 1.165) is 0 Å².